The Morgan fingerprint density at radius 1 is 1.00 bits per heavy atom. The van der Waals surface area contributed by atoms with Crippen molar-refractivity contribution in [3.8, 4) is 0 Å². The number of nitrogens with one attached hydrogen (secondary N) is 1. The Bertz CT molecular complexity index is 761. The monoisotopic (exact) mass is 290 g/mol. The van der Waals surface area contributed by atoms with Gasteiger partial charge in [-0.25, -0.2) is 4.68 Å². The molecule has 0 aliphatic carbocycles. The highest BCUT2D eigenvalue weighted by molar-refractivity contribution is 5.38. The maximum atomic E-state index is 4.41. The van der Waals surface area contributed by atoms with Gasteiger partial charge < -0.3 is 5.32 Å². The lowest BCUT2D eigenvalue weighted by atomic mass is 9.93. The van der Waals surface area contributed by atoms with Crippen molar-refractivity contribution >= 4 is 5.95 Å². The minimum atomic E-state index is 0.213. The van der Waals surface area contributed by atoms with Crippen LogP contribution in [0.1, 0.15) is 35.2 Å². The standard InChI is InChI=1S/C18H18N4/c1-13-7-9-15(10-8-13)17-11-16(14-5-3-2-4-6-14)21-18-19-12-20-22(17)18/h2-10,12,16-17H,11H2,1H3,(H,19,20,21). The maximum absolute atomic E-state index is 4.41. The first kappa shape index (κ1) is 13.1. The lowest BCUT2D eigenvalue weighted by Crippen LogP contribution is -2.28. The fraction of sp³-hybridized carbons (Fsp3) is 0.222. The molecule has 2 aromatic carbocycles. The van der Waals surface area contributed by atoms with Gasteiger partial charge in [-0.1, -0.05) is 60.2 Å². The first-order valence-corrected chi connectivity index (χ1v) is 7.59. The first-order valence-electron chi connectivity index (χ1n) is 7.59. The van der Waals surface area contributed by atoms with Crippen LogP contribution in [0.5, 0.6) is 0 Å². The van der Waals surface area contributed by atoms with E-state index in [1.807, 2.05) is 10.7 Å². The quantitative estimate of drug-likeness (QED) is 0.782. The Kier molecular flexibility index (Phi) is 3.15. The van der Waals surface area contributed by atoms with Gasteiger partial charge in [0.05, 0.1) is 12.1 Å². The molecule has 2 unspecified atom stereocenters. The van der Waals surface area contributed by atoms with E-state index in [1.54, 1.807) is 6.33 Å². The van der Waals surface area contributed by atoms with E-state index in [-0.39, 0.29) is 12.1 Å². The molecule has 0 saturated carbocycles. The Labute approximate surface area is 129 Å². The van der Waals surface area contributed by atoms with E-state index in [2.05, 4.69) is 70.9 Å². The summed E-state index contributed by atoms with van der Waals surface area (Å²) >= 11 is 0. The zero-order chi connectivity index (χ0) is 14.9. The van der Waals surface area contributed by atoms with Crippen molar-refractivity contribution in [2.45, 2.75) is 25.4 Å². The first-order chi connectivity index (χ1) is 10.8. The van der Waals surface area contributed by atoms with Gasteiger partial charge in [-0.3, -0.25) is 0 Å². The predicted octanol–water partition coefficient (Wildman–Crippen LogP) is 3.73. The van der Waals surface area contributed by atoms with E-state index in [9.17, 15) is 0 Å². The number of rotatable bonds is 2. The molecule has 0 saturated heterocycles. The molecule has 0 spiro atoms. The van der Waals surface area contributed by atoms with Crippen LogP contribution in [0.3, 0.4) is 0 Å². The molecule has 1 aliphatic rings. The Morgan fingerprint density at radius 3 is 2.55 bits per heavy atom. The van der Waals surface area contributed by atoms with Crippen LogP contribution in [0.15, 0.2) is 60.9 Å². The molecule has 22 heavy (non-hydrogen) atoms. The number of hydrogen-bond acceptors (Lipinski definition) is 3. The van der Waals surface area contributed by atoms with Crippen LogP contribution in [-0.2, 0) is 0 Å². The van der Waals surface area contributed by atoms with E-state index in [0.29, 0.717) is 0 Å². The van der Waals surface area contributed by atoms with Gasteiger partial charge in [0.2, 0.25) is 5.95 Å². The van der Waals surface area contributed by atoms with Crippen molar-refractivity contribution in [1.29, 1.82) is 0 Å². The van der Waals surface area contributed by atoms with Crippen LogP contribution in [-0.4, -0.2) is 14.8 Å². The smallest absolute Gasteiger partial charge is 0.222 e. The zero-order valence-corrected chi connectivity index (χ0v) is 12.5. The molecular weight excluding hydrogens is 272 g/mol. The van der Waals surface area contributed by atoms with Crippen molar-refractivity contribution in [3.63, 3.8) is 0 Å². The molecule has 0 amide bonds. The van der Waals surface area contributed by atoms with E-state index < -0.39 is 0 Å². The molecule has 4 rings (SSSR count). The molecule has 2 atom stereocenters. The molecule has 110 valence electrons. The highest BCUT2D eigenvalue weighted by Crippen LogP contribution is 2.37. The van der Waals surface area contributed by atoms with Crippen LogP contribution in [0.2, 0.25) is 0 Å². The summed E-state index contributed by atoms with van der Waals surface area (Å²) < 4.78 is 1.99. The van der Waals surface area contributed by atoms with Crippen LogP contribution in [0, 0.1) is 6.92 Å². The normalized spacial score (nSPS) is 20.2. The lowest BCUT2D eigenvalue weighted by molar-refractivity contribution is 0.431. The van der Waals surface area contributed by atoms with Crippen molar-refractivity contribution in [2.75, 3.05) is 5.32 Å². The van der Waals surface area contributed by atoms with Gasteiger partial charge >= 0.3 is 0 Å². The summed E-state index contributed by atoms with van der Waals surface area (Å²) in [5.74, 6) is 0.839. The van der Waals surface area contributed by atoms with Gasteiger partial charge in [-0.05, 0) is 24.5 Å². The van der Waals surface area contributed by atoms with Crippen molar-refractivity contribution < 1.29 is 0 Å². The predicted molar refractivity (Wildman–Crippen MR) is 86.8 cm³/mol. The molecule has 1 aromatic heterocycles. The fourth-order valence-corrected chi connectivity index (χ4v) is 3.09. The average Bonchev–Trinajstić information content (AvgIpc) is 3.04. The number of benzene rings is 2. The molecule has 1 aliphatic heterocycles. The minimum Gasteiger partial charge on any atom is -0.348 e. The highest BCUT2D eigenvalue weighted by Gasteiger charge is 2.29. The minimum absolute atomic E-state index is 0.213. The largest absolute Gasteiger partial charge is 0.348 e. The second kappa shape index (κ2) is 5.30. The Morgan fingerprint density at radius 2 is 1.77 bits per heavy atom. The number of anilines is 1. The van der Waals surface area contributed by atoms with Gasteiger partial charge in [-0.2, -0.15) is 10.1 Å². The van der Waals surface area contributed by atoms with Gasteiger partial charge in [-0.15, -0.1) is 0 Å². The second-order valence-corrected chi connectivity index (χ2v) is 5.80. The molecular formula is C18H18N4. The third-order valence-electron chi connectivity index (χ3n) is 4.29. The summed E-state index contributed by atoms with van der Waals surface area (Å²) in [6.45, 7) is 2.11. The summed E-state index contributed by atoms with van der Waals surface area (Å²) in [6.07, 6.45) is 2.58. The molecule has 0 radical (unpaired) electrons. The third-order valence-corrected chi connectivity index (χ3v) is 4.29. The Hall–Kier alpha value is -2.62. The van der Waals surface area contributed by atoms with Crippen molar-refractivity contribution in [2.24, 2.45) is 0 Å². The van der Waals surface area contributed by atoms with Crippen LogP contribution >= 0.6 is 0 Å². The number of aromatic nitrogens is 3. The fourth-order valence-electron chi connectivity index (χ4n) is 3.09. The molecule has 0 fully saturated rings. The topological polar surface area (TPSA) is 42.7 Å². The van der Waals surface area contributed by atoms with E-state index in [1.165, 1.54) is 16.7 Å². The van der Waals surface area contributed by atoms with Crippen LogP contribution < -0.4 is 5.32 Å². The number of aryl methyl sites for hydroxylation is 1. The molecule has 2 heterocycles. The average molecular weight is 290 g/mol. The lowest BCUT2D eigenvalue weighted by Gasteiger charge is -2.31. The third kappa shape index (κ3) is 2.26. The SMILES string of the molecule is Cc1ccc(C2CC(c3ccccc3)Nc3ncnn32)cc1. The number of hydrogen-bond donors (Lipinski definition) is 1. The van der Waals surface area contributed by atoms with Crippen LogP contribution in [0.25, 0.3) is 0 Å². The van der Waals surface area contributed by atoms with E-state index in [0.717, 1.165) is 12.4 Å². The summed E-state index contributed by atoms with van der Waals surface area (Å²) in [7, 11) is 0. The van der Waals surface area contributed by atoms with Gasteiger partial charge in [0.1, 0.15) is 6.33 Å². The van der Waals surface area contributed by atoms with Crippen molar-refractivity contribution in [1.82, 2.24) is 14.8 Å². The number of nitrogens with zero attached hydrogens (tertiary/aromatic N) is 3. The van der Waals surface area contributed by atoms with Gasteiger partial charge in [0, 0.05) is 0 Å². The van der Waals surface area contributed by atoms with Gasteiger partial charge in [0.25, 0.3) is 0 Å². The summed E-state index contributed by atoms with van der Waals surface area (Å²) in [6, 6.07) is 19.7. The molecule has 1 N–H and O–H groups in total. The van der Waals surface area contributed by atoms with Gasteiger partial charge in [0.15, 0.2) is 0 Å². The molecule has 3 aromatic rings. The van der Waals surface area contributed by atoms with Crippen LogP contribution in [0.4, 0.5) is 5.95 Å². The van der Waals surface area contributed by atoms with E-state index >= 15 is 0 Å². The summed E-state index contributed by atoms with van der Waals surface area (Å²) in [5, 5.41) is 7.90. The maximum Gasteiger partial charge on any atom is 0.222 e. The van der Waals surface area contributed by atoms with Crippen molar-refractivity contribution in [3.05, 3.63) is 77.6 Å². The Balaban J connectivity index is 1.73. The molecule has 4 heteroatoms. The zero-order valence-electron chi connectivity index (χ0n) is 12.5. The summed E-state index contributed by atoms with van der Waals surface area (Å²) in [5.41, 5.74) is 3.84. The van der Waals surface area contributed by atoms with E-state index in [4.69, 9.17) is 0 Å². The number of fused-ring (bicyclic) bond motifs is 1. The molecule has 4 nitrogen and oxygen atoms in total. The summed E-state index contributed by atoms with van der Waals surface area (Å²) in [4.78, 5) is 4.37. The second-order valence-electron chi connectivity index (χ2n) is 5.80. The highest BCUT2D eigenvalue weighted by atomic mass is 15.4. The molecule has 0 bridgehead atoms.